The molecule has 0 aliphatic carbocycles. The van der Waals surface area contributed by atoms with Crippen molar-refractivity contribution < 1.29 is 0 Å². The van der Waals surface area contributed by atoms with Crippen molar-refractivity contribution in [2.75, 3.05) is 7.05 Å². The molecule has 0 fully saturated rings. The molecular weight excluding hydrogens is 314 g/mol. The van der Waals surface area contributed by atoms with E-state index >= 15 is 0 Å². The highest BCUT2D eigenvalue weighted by Gasteiger charge is 2.12. The number of aliphatic imine (C=N–C) groups is 1. The van der Waals surface area contributed by atoms with E-state index < -0.39 is 0 Å². The van der Waals surface area contributed by atoms with Gasteiger partial charge in [0, 0.05) is 12.8 Å². The first-order chi connectivity index (χ1) is 12.7. The Morgan fingerprint density at radius 3 is 2.31 bits per heavy atom. The first kappa shape index (κ1) is 20.4. The SMILES string of the molecule is CCCC(CCCCc1ccccc1)CCC(=NC)c1ccccc1C. The first-order valence-electron chi connectivity index (χ1n) is 10.3. The van der Waals surface area contributed by atoms with Crippen molar-refractivity contribution in [3.8, 4) is 0 Å². The van der Waals surface area contributed by atoms with Crippen molar-refractivity contribution >= 4 is 5.71 Å². The van der Waals surface area contributed by atoms with Crippen molar-refractivity contribution in [1.29, 1.82) is 0 Å². The highest BCUT2D eigenvalue weighted by molar-refractivity contribution is 6.01. The van der Waals surface area contributed by atoms with E-state index in [0.717, 1.165) is 12.3 Å². The summed E-state index contributed by atoms with van der Waals surface area (Å²) in [7, 11) is 1.94. The monoisotopic (exact) mass is 349 g/mol. The molecular formula is C25H35N. The summed E-state index contributed by atoms with van der Waals surface area (Å²) in [5.41, 5.74) is 5.41. The molecule has 0 N–H and O–H groups in total. The highest BCUT2D eigenvalue weighted by atomic mass is 14.7. The zero-order valence-electron chi connectivity index (χ0n) is 16.9. The van der Waals surface area contributed by atoms with Crippen LogP contribution in [0.2, 0.25) is 0 Å². The molecule has 0 aliphatic rings. The van der Waals surface area contributed by atoms with Crippen LogP contribution >= 0.6 is 0 Å². The maximum Gasteiger partial charge on any atom is 0.0419 e. The van der Waals surface area contributed by atoms with Gasteiger partial charge in [-0.15, -0.1) is 0 Å². The third-order valence-electron chi connectivity index (χ3n) is 5.38. The average Bonchev–Trinajstić information content (AvgIpc) is 2.67. The summed E-state index contributed by atoms with van der Waals surface area (Å²) in [5.74, 6) is 0.830. The molecule has 0 aliphatic heterocycles. The van der Waals surface area contributed by atoms with E-state index in [1.807, 2.05) is 7.05 Å². The van der Waals surface area contributed by atoms with E-state index in [9.17, 15) is 0 Å². The lowest BCUT2D eigenvalue weighted by molar-refractivity contribution is 0.405. The van der Waals surface area contributed by atoms with Crippen LogP contribution in [0, 0.1) is 12.8 Å². The van der Waals surface area contributed by atoms with E-state index in [1.165, 1.54) is 67.3 Å². The minimum absolute atomic E-state index is 0.830. The summed E-state index contributed by atoms with van der Waals surface area (Å²) < 4.78 is 0. The summed E-state index contributed by atoms with van der Waals surface area (Å²) in [4.78, 5) is 4.60. The molecule has 0 aromatic heterocycles. The Morgan fingerprint density at radius 1 is 0.885 bits per heavy atom. The van der Waals surface area contributed by atoms with Crippen LogP contribution in [-0.4, -0.2) is 12.8 Å². The second kappa shape index (κ2) is 11.7. The van der Waals surface area contributed by atoms with Gasteiger partial charge in [-0.25, -0.2) is 0 Å². The molecule has 1 heteroatoms. The Kier molecular flexibility index (Phi) is 9.17. The average molecular weight is 350 g/mol. The van der Waals surface area contributed by atoms with Crippen LogP contribution in [0.3, 0.4) is 0 Å². The summed E-state index contributed by atoms with van der Waals surface area (Å²) in [6.45, 7) is 4.50. The molecule has 2 rings (SSSR count). The molecule has 1 unspecified atom stereocenters. The molecule has 0 spiro atoms. The second-order valence-corrected chi connectivity index (χ2v) is 7.41. The number of rotatable bonds is 11. The molecule has 0 bridgehead atoms. The molecule has 26 heavy (non-hydrogen) atoms. The summed E-state index contributed by atoms with van der Waals surface area (Å²) in [6, 6.07) is 19.5. The van der Waals surface area contributed by atoms with Gasteiger partial charge in [0.25, 0.3) is 0 Å². The third-order valence-corrected chi connectivity index (χ3v) is 5.38. The van der Waals surface area contributed by atoms with E-state index in [1.54, 1.807) is 0 Å². The number of hydrogen-bond donors (Lipinski definition) is 0. The zero-order chi connectivity index (χ0) is 18.6. The molecule has 140 valence electrons. The molecule has 0 radical (unpaired) electrons. The van der Waals surface area contributed by atoms with Gasteiger partial charge < -0.3 is 0 Å². The molecule has 2 aromatic carbocycles. The maximum absolute atomic E-state index is 4.60. The van der Waals surface area contributed by atoms with Gasteiger partial charge in [0.05, 0.1) is 0 Å². The van der Waals surface area contributed by atoms with Crippen LogP contribution in [0.4, 0.5) is 0 Å². The lowest BCUT2D eigenvalue weighted by Crippen LogP contribution is -2.08. The van der Waals surface area contributed by atoms with Gasteiger partial charge >= 0.3 is 0 Å². The van der Waals surface area contributed by atoms with Crippen LogP contribution in [0.25, 0.3) is 0 Å². The molecule has 1 nitrogen and oxygen atoms in total. The third kappa shape index (κ3) is 6.78. The fourth-order valence-electron chi connectivity index (χ4n) is 3.85. The Morgan fingerprint density at radius 2 is 1.62 bits per heavy atom. The molecule has 1 atom stereocenters. The van der Waals surface area contributed by atoms with E-state index in [4.69, 9.17) is 0 Å². The molecule has 0 heterocycles. The molecule has 2 aromatic rings. The van der Waals surface area contributed by atoms with Crippen molar-refractivity contribution in [3.63, 3.8) is 0 Å². The van der Waals surface area contributed by atoms with Crippen molar-refractivity contribution in [2.45, 2.75) is 65.2 Å². The minimum atomic E-state index is 0.830. The Hall–Kier alpha value is -1.89. The summed E-state index contributed by atoms with van der Waals surface area (Å²) in [6.07, 6.45) is 10.2. The van der Waals surface area contributed by atoms with Crippen molar-refractivity contribution in [3.05, 3.63) is 71.3 Å². The second-order valence-electron chi connectivity index (χ2n) is 7.41. The van der Waals surface area contributed by atoms with E-state index in [-0.39, 0.29) is 0 Å². The van der Waals surface area contributed by atoms with Crippen LogP contribution in [0.15, 0.2) is 59.6 Å². The fourth-order valence-corrected chi connectivity index (χ4v) is 3.85. The number of unbranched alkanes of at least 4 members (excludes halogenated alkanes) is 1. The number of benzene rings is 2. The Balaban J connectivity index is 1.80. The number of nitrogens with zero attached hydrogens (tertiary/aromatic N) is 1. The fraction of sp³-hybridized carbons (Fsp3) is 0.480. The number of aryl methyl sites for hydroxylation is 2. The van der Waals surface area contributed by atoms with Gasteiger partial charge in [-0.1, -0.05) is 87.2 Å². The van der Waals surface area contributed by atoms with Gasteiger partial charge in [0.1, 0.15) is 0 Å². The van der Waals surface area contributed by atoms with Crippen LogP contribution < -0.4 is 0 Å². The highest BCUT2D eigenvalue weighted by Crippen LogP contribution is 2.23. The van der Waals surface area contributed by atoms with Crippen LogP contribution in [0.1, 0.15) is 68.6 Å². The molecule has 0 saturated heterocycles. The predicted molar refractivity (Wildman–Crippen MR) is 115 cm³/mol. The lowest BCUT2D eigenvalue weighted by atomic mass is 9.89. The smallest absolute Gasteiger partial charge is 0.0419 e. The van der Waals surface area contributed by atoms with E-state index in [0.29, 0.717) is 0 Å². The summed E-state index contributed by atoms with van der Waals surface area (Å²) in [5, 5.41) is 0. The summed E-state index contributed by atoms with van der Waals surface area (Å²) >= 11 is 0. The zero-order valence-corrected chi connectivity index (χ0v) is 16.9. The van der Waals surface area contributed by atoms with Gasteiger partial charge in [-0.3, -0.25) is 4.99 Å². The van der Waals surface area contributed by atoms with Gasteiger partial charge in [-0.05, 0) is 55.2 Å². The lowest BCUT2D eigenvalue weighted by Gasteiger charge is -2.17. The van der Waals surface area contributed by atoms with Crippen LogP contribution in [-0.2, 0) is 6.42 Å². The minimum Gasteiger partial charge on any atom is -0.292 e. The molecule has 0 amide bonds. The van der Waals surface area contributed by atoms with Crippen molar-refractivity contribution in [2.24, 2.45) is 10.9 Å². The van der Waals surface area contributed by atoms with E-state index in [2.05, 4.69) is 73.4 Å². The van der Waals surface area contributed by atoms with Gasteiger partial charge in [0.15, 0.2) is 0 Å². The van der Waals surface area contributed by atoms with Gasteiger partial charge in [0.2, 0.25) is 0 Å². The van der Waals surface area contributed by atoms with Crippen LogP contribution in [0.5, 0.6) is 0 Å². The number of hydrogen-bond acceptors (Lipinski definition) is 1. The standard InChI is InChI=1S/C25H35N/c1-4-12-22(16-9-10-17-23-14-6-5-7-15-23)19-20-25(26-3)24-18-11-8-13-21(24)2/h5-8,11,13-15,18,22H,4,9-10,12,16-17,19-20H2,1-3H3. The maximum atomic E-state index is 4.60. The largest absolute Gasteiger partial charge is 0.292 e. The quantitative estimate of drug-likeness (QED) is 0.305. The van der Waals surface area contributed by atoms with Crippen molar-refractivity contribution in [1.82, 2.24) is 0 Å². The Bertz CT molecular complexity index is 657. The molecule has 0 saturated carbocycles. The van der Waals surface area contributed by atoms with Gasteiger partial charge in [-0.2, -0.15) is 0 Å². The Labute approximate surface area is 160 Å². The first-order valence-corrected chi connectivity index (χ1v) is 10.3. The normalized spacial score (nSPS) is 13.0. The topological polar surface area (TPSA) is 12.4 Å². The predicted octanol–water partition coefficient (Wildman–Crippen LogP) is 7.02.